The number of fused-ring (bicyclic) bond motifs is 1. The lowest BCUT2D eigenvalue weighted by molar-refractivity contribution is -0.149. The lowest BCUT2D eigenvalue weighted by Gasteiger charge is -2.28. The molecule has 158 valence electrons. The van der Waals surface area contributed by atoms with E-state index in [2.05, 4.69) is 10.2 Å². The van der Waals surface area contributed by atoms with Crippen LogP contribution in [0.3, 0.4) is 0 Å². The van der Waals surface area contributed by atoms with Gasteiger partial charge in [0.2, 0.25) is 0 Å². The summed E-state index contributed by atoms with van der Waals surface area (Å²) < 4.78 is 5.38. The minimum Gasteiger partial charge on any atom is -0.462 e. The molecular weight excluding hydrogens is 380 g/mol. The fourth-order valence-corrected chi connectivity index (χ4v) is 3.36. The Morgan fingerprint density at radius 3 is 2.53 bits per heavy atom. The summed E-state index contributed by atoms with van der Waals surface area (Å²) in [6.45, 7) is 5.59. The molecule has 0 aliphatic carbocycles. The monoisotopic (exact) mass is 408 g/mol. The molecule has 1 amide bonds. The molecule has 30 heavy (non-hydrogen) atoms. The minimum absolute atomic E-state index is 0.0331. The first kappa shape index (κ1) is 21.5. The summed E-state index contributed by atoms with van der Waals surface area (Å²) in [7, 11) is 0. The van der Waals surface area contributed by atoms with Crippen LogP contribution in [0.4, 0.5) is 5.69 Å². The summed E-state index contributed by atoms with van der Waals surface area (Å²) >= 11 is 0. The number of amidine groups is 1. The fraction of sp³-hybridized carbons (Fsp3) is 0.348. The lowest BCUT2D eigenvalue weighted by atomic mass is 9.99. The Balaban J connectivity index is 1.63. The van der Waals surface area contributed by atoms with Gasteiger partial charge in [0, 0.05) is 29.9 Å². The van der Waals surface area contributed by atoms with Crippen LogP contribution in [0.25, 0.3) is 0 Å². The van der Waals surface area contributed by atoms with Crippen LogP contribution in [0.1, 0.15) is 47.3 Å². The Morgan fingerprint density at radius 1 is 1.17 bits per heavy atom. The highest BCUT2D eigenvalue weighted by Crippen LogP contribution is 2.23. The van der Waals surface area contributed by atoms with Crippen molar-refractivity contribution in [3.05, 3.63) is 64.7 Å². The van der Waals surface area contributed by atoms with E-state index in [1.807, 2.05) is 32.0 Å². The molecule has 1 aliphatic rings. The molecule has 2 aromatic carbocycles. The Hall–Kier alpha value is -3.19. The van der Waals surface area contributed by atoms with E-state index in [0.29, 0.717) is 23.4 Å². The van der Waals surface area contributed by atoms with E-state index >= 15 is 0 Å². The van der Waals surface area contributed by atoms with Crippen molar-refractivity contribution in [2.75, 3.05) is 18.4 Å². The second-order valence-electron chi connectivity index (χ2n) is 7.60. The molecule has 0 bridgehead atoms. The molecule has 1 unspecified atom stereocenters. The van der Waals surface area contributed by atoms with Crippen molar-refractivity contribution >= 4 is 23.4 Å². The lowest BCUT2D eigenvalue weighted by Crippen LogP contribution is -2.36. The highest BCUT2D eigenvalue weighted by Gasteiger charge is 2.20. The normalized spacial score (nSPS) is 14.5. The first-order valence-electron chi connectivity index (χ1n) is 10.1. The number of esters is 1. The highest BCUT2D eigenvalue weighted by atomic mass is 16.5. The molecular formula is C23H28N4O3. The zero-order chi connectivity index (χ0) is 21.7. The van der Waals surface area contributed by atoms with Crippen LogP contribution in [-0.2, 0) is 22.5 Å². The average Bonchev–Trinajstić information content (AvgIpc) is 2.73. The summed E-state index contributed by atoms with van der Waals surface area (Å²) in [5, 5.41) is 10.3. The van der Waals surface area contributed by atoms with Crippen LogP contribution in [-0.4, -0.2) is 41.8 Å². The van der Waals surface area contributed by atoms with Crippen LogP contribution < -0.4 is 11.1 Å². The number of amides is 1. The van der Waals surface area contributed by atoms with Crippen molar-refractivity contribution < 1.29 is 14.3 Å². The van der Waals surface area contributed by atoms with Gasteiger partial charge in [-0.3, -0.25) is 19.9 Å². The predicted octanol–water partition coefficient (Wildman–Crippen LogP) is 2.92. The number of benzene rings is 2. The molecule has 0 radical (unpaired) electrons. The van der Waals surface area contributed by atoms with Gasteiger partial charge < -0.3 is 15.8 Å². The standard InChI is InChI=1S/C23H28N4O3/c1-3-15(2)30-21(28)14-27-11-10-16-8-9-20(12-19(16)13-27)26-23(29)18-6-4-17(5-7-18)22(24)25/h4-9,12,15H,3,10-11,13-14H2,1-2H3,(H3,24,25)(H,26,29). The van der Waals surface area contributed by atoms with E-state index < -0.39 is 0 Å². The Kier molecular flexibility index (Phi) is 6.84. The number of carbonyl (C=O) groups excluding carboxylic acids is 2. The maximum Gasteiger partial charge on any atom is 0.320 e. The molecule has 7 heteroatoms. The van der Waals surface area contributed by atoms with Gasteiger partial charge in [-0.25, -0.2) is 0 Å². The van der Waals surface area contributed by atoms with Gasteiger partial charge in [-0.1, -0.05) is 25.1 Å². The number of nitrogens with two attached hydrogens (primary N) is 1. The average molecular weight is 409 g/mol. The number of nitrogens with zero attached hydrogens (tertiary/aromatic N) is 1. The maximum absolute atomic E-state index is 12.5. The van der Waals surface area contributed by atoms with Crippen LogP contribution in [0.2, 0.25) is 0 Å². The van der Waals surface area contributed by atoms with Gasteiger partial charge >= 0.3 is 5.97 Å². The Labute approximate surface area is 176 Å². The molecule has 3 rings (SSSR count). The molecule has 4 N–H and O–H groups in total. The van der Waals surface area contributed by atoms with Crippen molar-refractivity contribution in [3.63, 3.8) is 0 Å². The third-order valence-electron chi connectivity index (χ3n) is 5.27. The molecule has 0 fully saturated rings. The van der Waals surface area contributed by atoms with Gasteiger partial charge in [0.25, 0.3) is 5.91 Å². The third kappa shape index (κ3) is 5.45. The summed E-state index contributed by atoms with van der Waals surface area (Å²) in [6.07, 6.45) is 1.59. The number of carbonyl (C=O) groups is 2. The zero-order valence-electron chi connectivity index (χ0n) is 17.4. The van der Waals surface area contributed by atoms with Crippen molar-refractivity contribution in [3.8, 4) is 0 Å². The number of rotatable bonds is 7. The van der Waals surface area contributed by atoms with Gasteiger partial charge in [-0.05, 0) is 55.2 Å². The molecule has 0 aromatic heterocycles. The smallest absolute Gasteiger partial charge is 0.320 e. The van der Waals surface area contributed by atoms with Crippen LogP contribution in [0.15, 0.2) is 42.5 Å². The predicted molar refractivity (Wildman–Crippen MR) is 117 cm³/mol. The summed E-state index contributed by atoms with van der Waals surface area (Å²) in [6, 6.07) is 12.5. The minimum atomic E-state index is -0.227. The van der Waals surface area contributed by atoms with E-state index in [-0.39, 0.29) is 30.4 Å². The summed E-state index contributed by atoms with van der Waals surface area (Å²) in [4.78, 5) is 26.7. The van der Waals surface area contributed by atoms with E-state index in [4.69, 9.17) is 15.9 Å². The van der Waals surface area contributed by atoms with E-state index in [1.54, 1.807) is 24.3 Å². The molecule has 1 atom stereocenters. The number of anilines is 1. The molecule has 0 saturated carbocycles. The SMILES string of the molecule is CCC(C)OC(=O)CN1CCc2ccc(NC(=O)c3ccc(C(=N)N)cc3)cc2C1. The summed E-state index contributed by atoms with van der Waals surface area (Å²) in [5.74, 6) is -0.463. The van der Waals surface area contributed by atoms with Crippen molar-refractivity contribution in [2.45, 2.75) is 39.3 Å². The molecule has 1 aliphatic heterocycles. The number of nitrogens with one attached hydrogen (secondary N) is 2. The van der Waals surface area contributed by atoms with Crippen LogP contribution in [0, 0.1) is 5.41 Å². The Bertz CT molecular complexity index is 940. The largest absolute Gasteiger partial charge is 0.462 e. The second kappa shape index (κ2) is 9.54. The van der Waals surface area contributed by atoms with Crippen molar-refractivity contribution in [2.24, 2.45) is 5.73 Å². The molecule has 0 spiro atoms. The van der Waals surface area contributed by atoms with Gasteiger partial charge in [0.05, 0.1) is 12.6 Å². The fourth-order valence-electron chi connectivity index (χ4n) is 3.36. The molecule has 2 aromatic rings. The first-order valence-corrected chi connectivity index (χ1v) is 10.1. The first-order chi connectivity index (χ1) is 14.4. The van der Waals surface area contributed by atoms with Crippen LogP contribution >= 0.6 is 0 Å². The van der Waals surface area contributed by atoms with Gasteiger partial charge in [-0.15, -0.1) is 0 Å². The van der Waals surface area contributed by atoms with Gasteiger partial charge in [0.15, 0.2) is 0 Å². The molecule has 1 heterocycles. The zero-order valence-corrected chi connectivity index (χ0v) is 17.4. The second-order valence-corrected chi connectivity index (χ2v) is 7.60. The number of nitrogen functional groups attached to an aromatic ring is 1. The molecule has 0 saturated heterocycles. The topological polar surface area (TPSA) is 109 Å². The van der Waals surface area contributed by atoms with E-state index in [9.17, 15) is 9.59 Å². The van der Waals surface area contributed by atoms with Crippen LogP contribution in [0.5, 0.6) is 0 Å². The van der Waals surface area contributed by atoms with Crippen molar-refractivity contribution in [1.82, 2.24) is 4.90 Å². The van der Waals surface area contributed by atoms with Gasteiger partial charge in [-0.2, -0.15) is 0 Å². The van der Waals surface area contributed by atoms with Crippen molar-refractivity contribution in [1.29, 1.82) is 5.41 Å². The Morgan fingerprint density at radius 2 is 1.87 bits per heavy atom. The number of ether oxygens (including phenoxy) is 1. The summed E-state index contributed by atoms with van der Waals surface area (Å²) in [5.41, 5.74) is 9.55. The van der Waals surface area contributed by atoms with Gasteiger partial charge in [0.1, 0.15) is 5.84 Å². The maximum atomic E-state index is 12.5. The van der Waals surface area contributed by atoms with E-state index in [1.165, 1.54) is 5.56 Å². The third-order valence-corrected chi connectivity index (χ3v) is 5.27. The highest BCUT2D eigenvalue weighted by molar-refractivity contribution is 6.05. The van der Waals surface area contributed by atoms with E-state index in [0.717, 1.165) is 24.9 Å². The quantitative estimate of drug-likeness (QED) is 0.371. The number of hydrogen-bond acceptors (Lipinski definition) is 5. The molecule has 7 nitrogen and oxygen atoms in total. The number of hydrogen-bond donors (Lipinski definition) is 3.